The molecule has 10 heteroatoms. The van der Waals surface area contributed by atoms with Crippen LogP contribution in [0.1, 0.15) is 54.7 Å². The minimum Gasteiger partial charge on any atom is -0.451 e. The average Bonchev–Trinajstić information content (AvgIpc) is 3.74. The number of ketones is 1. The second-order valence-electron chi connectivity index (χ2n) is 11.9. The zero-order valence-corrected chi connectivity index (χ0v) is 26.5. The molecule has 0 N–H and O–H groups in total. The molecule has 47 heavy (non-hydrogen) atoms. The number of Topliss-reactive ketones (excluding diaryl/α,β-unsaturated/α-hetero) is 1. The summed E-state index contributed by atoms with van der Waals surface area (Å²) in [7, 11) is 0. The third kappa shape index (κ3) is 6.16. The quantitative estimate of drug-likeness (QED) is 0.148. The summed E-state index contributed by atoms with van der Waals surface area (Å²) in [6, 6.07) is 26.1. The highest BCUT2D eigenvalue weighted by atomic mass is 35.5. The lowest BCUT2D eigenvalue weighted by atomic mass is 9.98. The Morgan fingerprint density at radius 2 is 1.62 bits per heavy atom. The predicted molar refractivity (Wildman–Crippen MR) is 174 cm³/mol. The minimum absolute atomic E-state index is 0.269. The second-order valence-corrected chi connectivity index (χ2v) is 12.3. The highest BCUT2D eigenvalue weighted by molar-refractivity contribution is 6.30. The number of carbonyl (C=O) groups excluding carboxylic acids is 2. The third-order valence-electron chi connectivity index (χ3n) is 8.16. The van der Waals surface area contributed by atoms with E-state index >= 15 is 0 Å². The number of hydrogen-bond donors (Lipinski definition) is 0. The first-order valence-electron chi connectivity index (χ1n) is 15.1. The van der Waals surface area contributed by atoms with Gasteiger partial charge in [-0.15, -0.1) is 0 Å². The normalized spacial score (nSPS) is 21.9. The summed E-state index contributed by atoms with van der Waals surface area (Å²) in [5.41, 5.74) is 4.07. The average molecular weight is 648 g/mol. The number of fused-ring (bicyclic) bond motifs is 2. The van der Waals surface area contributed by atoms with Gasteiger partial charge in [0.2, 0.25) is 5.78 Å². The molecule has 0 bridgehead atoms. The van der Waals surface area contributed by atoms with Gasteiger partial charge in [0.05, 0.1) is 10.9 Å². The molecular weight excluding hydrogens is 618 g/mol. The SMILES string of the molecule is CC(=O)C#Cc1ncnc2c1ccn2[C@@H]1O[C@H](C(OC(=O)c2ccc(-c3ccccc3)cc2)c2ccc(Cl)cc2)[C@H]2OC(C)(C)O[C@H]21. The predicted octanol–water partition coefficient (Wildman–Crippen LogP) is 6.71. The minimum atomic E-state index is -0.937. The van der Waals surface area contributed by atoms with Gasteiger partial charge in [0.1, 0.15) is 36.0 Å². The van der Waals surface area contributed by atoms with Gasteiger partial charge in [-0.2, -0.15) is 0 Å². The van der Waals surface area contributed by atoms with E-state index in [4.69, 9.17) is 30.5 Å². The van der Waals surface area contributed by atoms with Crippen LogP contribution in [0.2, 0.25) is 5.02 Å². The van der Waals surface area contributed by atoms with Gasteiger partial charge in [-0.05, 0) is 72.7 Å². The zero-order chi connectivity index (χ0) is 32.7. The summed E-state index contributed by atoms with van der Waals surface area (Å²) in [4.78, 5) is 34.0. The van der Waals surface area contributed by atoms with Crippen LogP contribution in [0.4, 0.5) is 0 Å². The van der Waals surface area contributed by atoms with Crippen molar-refractivity contribution in [1.29, 1.82) is 0 Å². The lowest BCUT2D eigenvalue weighted by molar-refractivity contribution is -0.207. The maximum Gasteiger partial charge on any atom is 0.338 e. The Labute approximate surface area is 276 Å². The molecule has 0 radical (unpaired) electrons. The molecule has 0 saturated carbocycles. The van der Waals surface area contributed by atoms with Crippen molar-refractivity contribution in [3.8, 4) is 23.0 Å². The highest BCUT2D eigenvalue weighted by Gasteiger charge is 2.59. The van der Waals surface area contributed by atoms with Gasteiger partial charge >= 0.3 is 5.97 Å². The van der Waals surface area contributed by atoms with Crippen LogP contribution < -0.4 is 0 Å². The summed E-state index contributed by atoms with van der Waals surface area (Å²) in [5, 5.41) is 1.20. The number of rotatable bonds is 6. The monoisotopic (exact) mass is 647 g/mol. The molecule has 2 aliphatic heterocycles. The van der Waals surface area contributed by atoms with Gasteiger partial charge in [-0.25, -0.2) is 14.8 Å². The van der Waals surface area contributed by atoms with E-state index < -0.39 is 42.4 Å². The van der Waals surface area contributed by atoms with Crippen molar-refractivity contribution in [2.45, 2.75) is 57.2 Å². The Morgan fingerprint density at radius 3 is 2.34 bits per heavy atom. The Balaban J connectivity index is 1.24. The fourth-order valence-corrected chi connectivity index (χ4v) is 6.21. The number of hydrogen-bond acceptors (Lipinski definition) is 8. The van der Waals surface area contributed by atoms with E-state index in [9.17, 15) is 9.59 Å². The van der Waals surface area contributed by atoms with Crippen molar-refractivity contribution >= 4 is 34.4 Å². The largest absolute Gasteiger partial charge is 0.451 e. The van der Waals surface area contributed by atoms with Gasteiger partial charge in [0.25, 0.3) is 0 Å². The van der Waals surface area contributed by atoms with Crippen molar-refractivity contribution in [3.63, 3.8) is 0 Å². The molecule has 7 rings (SSSR count). The van der Waals surface area contributed by atoms with Gasteiger partial charge < -0.3 is 23.5 Å². The molecule has 0 spiro atoms. The molecule has 9 nitrogen and oxygen atoms in total. The van der Waals surface area contributed by atoms with Gasteiger partial charge in [-0.3, -0.25) is 4.79 Å². The van der Waals surface area contributed by atoms with Crippen LogP contribution in [0.25, 0.3) is 22.2 Å². The smallest absolute Gasteiger partial charge is 0.338 e. The van der Waals surface area contributed by atoms with E-state index in [0.717, 1.165) is 11.1 Å². The molecular formula is C37H30ClN3O6. The molecule has 0 amide bonds. The first-order chi connectivity index (χ1) is 22.7. The zero-order valence-electron chi connectivity index (χ0n) is 25.8. The second kappa shape index (κ2) is 12.4. The van der Waals surface area contributed by atoms with Gasteiger partial charge in [0.15, 0.2) is 18.1 Å². The molecule has 2 aromatic heterocycles. The first kappa shape index (κ1) is 30.8. The van der Waals surface area contributed by atoms with Crippen molar-refractivity contribution in [2.75, 3.05) is 0 Å². The summed E-state index contributed by atoms with van der Waals surface area (Å²) in [5.74, 6) is 3.65. The number of ether oxygens (including phenoxy) is 4. The molecule has 5 atom stereocenters. The Morgan fingerprint density at radius 1 is 0.915 bits per heavy atom. The summed E-state index contributed by atoms with van der Waals surface area (Å²) in [6.07, 6.45) is -0.329. The van der Waals surface area contributed by atoms with Crippen molar-refractivity contribution < 1.29 is 28.5 Å². The van der Waals surface area contributed by atoms with E-state index in [1.165, 1.54) is 13.3 Å². The standard InChI is InChI=1S/C37H30ClN3O6/c1-22(42)9-18-29-28-19-20-41(34(28)40-21-39-29)35-33-32(46-37(2,3)47-33)31(44-35)30(25-14-16-27(38)17-15-25)45-36(43)26-12-10-24(11-13-26)23-7-5-4-6-8-23/h4-8,10-17,19-21,30-33,35H,1-3H3/t30?,31-,32-,33-,35-/m1/s1. The molecule has 0 aliphatic carbocycles. The molecule has 2 fully saturated rings. The third-order valence-corrected chi connectivity index (χ3v) is 8.42. The van der Waals surface area contributed by atoms with Crippen LogP contribution in [0.5, 0.6) is 0 Å². The number of aromatic nitrogens is 3. The van der Waals surface area contributed by atoms with Gasteiger partial charge in [0, 0.05) is 18.1 Å². The summed E-state index contributed by atoms with van der Waals surface area (Å²) in [6.45, 7) is 5.07. The van der Waals surface area contributed by atoms with Crippen LogP contribution >= 0.6 is 11.6 Å². The van der Waals surface area contributed by atoms with Crippen LogP contribution in [0.15, 0.2) is 97.5 Å². The molecule has 2 aliphatic rings. The number of benzene rings is 3. The molecule has 236 valence electrons. The van der Waals surface area contributed by atoms with Gasteiger partial charge in [-0.1, -0.05) is 66.2 Å². The number of halogens is 1. The fraction of sp³-hybridized carbons (Fsp3) is 0.243. The van der Waals surface area contributed by atoms with E-state index in [-0.39, 0.29) is 5.78 Å². The summed E-state index contributed by atoms with van der Waals surface area (Å²) >= 11 is 6.24. The van der Waals surface area contributed by atoms with Crippen molar-refractivity contribution in [3.05, 3.63) is 119 Å². The Hall–Kier alpha value is -4.85. The lowest BCUT2D eigenvalue weighted by Gasteiger charge is -2.29. The van der Waals surface area contributed by atoms with Crippen LogP contribution in [-0.4, -0.2) is 50.4 Å². The number of nitrogens with zero attached hydrogens (tertiary/aromatic N) is 3. The maximum atomic E-state index is 13.7. The molecule has 2 saturated heterocycles. The topological polar surface area (TPSA) is 102 Å². The van der Waals surface area contributed by atoms with E-state index in [1.807, 2.05) is 85.3 Å². The summed E-state index contributed by atoms with van der Waals surface area (Å²) < 4.78 is 27.7. The van der Waals surface area contributed by atoms with Crippen molar-refractivity contribution in [2.24, 2.45) is 0 Å². The molecule has 1 unspecified atom stereocenters. The van der Waals surface area contributed by atoms with E-state index in [0.29, 0.717) is 32.9 Å². The Bertz CT molecular complexity index is 2020. The highest BCUT2D eigenvalue weighted by Crippen LogP contribution is 2.48. The van der Waals surface area contributed by atoms with E-state index in [2.05, 4.69) is 21.8 Å². The van der Waals surface area contributed by atoms with Crippen LogP contribution in [0, 0.1) is 11.8 Å². The van der Waals surface area contributed by atoms with E-state index in [1.54, 1.807) is 24.3 Å². The van der Waals surface area contributed by atoms with Crippen molar-refractivity contribution in [1.82, 2.24) is 14.5 Å². The molecule has 5 aromatic rings. The first-order valence-corrected chi connectivity index (χ1v) is 15.5. The number of carbonyl (C=O) groups is 2. The molecule has 3 aromatic carbocycles. The van der Waals surface area contributed by atoms with Crippen LogP contribution in [-0.2, 0) is 23.7 Å². The number of esters is 1. The van der Waals surface area contributed by atoms with Crippen LogP contribution in [0.3, 0.4) is 0 Å². The molecule has 4 heterocycles. The maximum absolute atomic E-state index is 13.7. The lowest BCUT2D eigenvalue weighted by Crippen LogP contribution is -2.36. The fourth-order valence-electron chi connectivity index (χ4n) is 6.09. The Kier molecular flexibility index (Phi) is 8.12.